The predicted molar refractivity (Wildman–Crippen MR) is 63.3 cm³/mol. The Hall–Kier alpha value is -1.56. The Morgan fingerprint density at radius 2 is 2.31 bits per heavy atom. The first-order chi connectivity index (χ1) is 7.50. The molecule has 0 fully saturated rings. The molecule has 0 aliphatic heterocycles. The minimum absolute atomic E-state index is 0.0330. The molecule has 0 aliphatic carbocycles. The smallest absolute Gasteiger partial charge is 0.223 e. The van der Waals surface area contributed by atoms with Crippen LogP contribution in [-0.4, -0.2) is 41.4 Å². The molecule has 1 aromatic rings. The molecule has 0 aromatic carbocycles. The molecule has 6 nitrogen and oxygen atoms in total. The van der Waals surface area contributed by atoms with Crippen LogP contribution < -0.4 is 11.1 Å². The molecule has 0 saturated heterocycles. The van der Waals surface area contributed by atoms with E-state index in [2.05, 4.69) is 15.3 Å². The van der Waals surface area contributed by atoms with Crippen LogP contribution in [0.3, 0.4) is 0 Å². The largest absolute Gasteiger partial charge is 0.368 e. The number of rotatable bonds is 4. The normalized spacial score (nSPS) is 9.94. The van der Waals surface area contributed by atoms with Gasteiger partial charge in [-0.25, -0.2) is 4.98 Å². The fraction of sp³-hybridized carbons (Fsp3) is 0.444. The molecule has 0 atom stereocenters. The lowest BCUT2D eigenvalue weighted by Crippen LogP contribution is -2.24. The first kappa shape index (κ1) is 12.5. The van der Waals surface area contributed by atoms with E-state index in [0.29, 0.717) is 23.8 Å². The summed E-state index contributed by atoms with van der Waals surface area (Å²) in [5, 5.41) is 3.31. The molecule has 0 bridgehead atoms. The van der Waals surface area contributed by atoms with Crippen molar-refractivity contribution in [3.8, 4) is 0 Å². The van der Waals surface area contributed by atoms with Crippen molar-refractivity contribution >= 4 is 29.3 Å². The summed E-state index contributed by atoms with van der Waals surface area (Å²) in [7, 11) is 3.41. The third-order valence-corrected chi connectivity index (χ3v) is 2.17. The van der Waals surface area contributed by atoms with Gasteiger partial charge in [0.2, 0.25) is 11.9 Å². The van der Waals surface area contributed by atoms with Crippen LogP contribution in [0.2, 0.25) is 5.02 Å². The maximum atomic E-state index is 11.3. The Morgan fingerprint density at radius 3 is 2.94 bits per heavy atom. The molecule has 0 radical (unpaired) electrons. The number of aromatic nitrogens is 2. The number of halogens is 1. The molecule has 0 aliphatic rings. The minimum Gasteiger partial charge on any atom is -0.368 e. The molecule has 16 heavy (non-hydrogen) atoms. The van der Waals surface area contributed by atoms with Crippen molar-refractivity contribution in [1.29, 1.82) is 0 Å². The molecule has 0 unspecified atom stereocenters. The molecule has 1 aromatic heterocycles. The van der Waals surface area contributed by atoms with Crippen LogP contribution in [0.15, 0.2) is 6.20 Å². The van der Waals surface area contributed by atoms with Gasteiger partial charge in [0.05, 0.1) is 6.20 Å². The standard InChI is InChI=1S/C9H14ClN5O/c1-15(2)7(16)3-4-12-8-6(10)5-13-9(11)14-8/h5H,3-4H2,1-2H3,(H3,11,12,13,14). The van der Waals surface area contributed by atoms with E-state index in [0.717, 1.165) is 0 Å². The molecule has 1 amide bonds. The summed E-state index contributed by atoms with van der Waals surface area (Å²) in [6, 6.07) is 0. The first-order valence-electron chi connectivity index (χ1n) is 4.72. The summed E-state index contributed by atoms with van der Waals surface area (Å²) in [5.74, 6) is 0.622. The van der Waals surface area contributed by atoms with Gasteiger partial charge in [-0.05, 0) is 0 Å². The monoisotopic (exact) mass is 243 g/mol. The third kappa shape index (κ3) is 3.54. The fourth-order valence-electron chi connectivity index (χ4n) is 1.02. The van der Waals surface area contributed by atoms with Gasteiger partial charge < -0.3 is 16.0 Å². The van der Waals surface area contributed by atoms with E-state index in [1.807, 2.05) is 0 Å². The average molecular weight is 244 g/mol. The van der Waals surface area contributed by atoms with Gasteiger partial charge in [0.1, 0.15) is 10.8 Å². The summed E-state index contributed by atoms with van der Waals surface area (Å²) < 4.78 is 0. The number of carbonyl (C=O) groups excluding carboxylic acids is 1. The zero-order valence-electron chi connectivity index (χ0n) is 9.20. The number of nitrogen functional groups attached to an aromatic ring is 1. The SMILES string of the molecule is CN(C)C(=O)CCNc1nc(N)ncc1Cl. The van der Waals surface area contributed by atoms with Crippen molar-refractivity contribution in [3.63, 3.8) is 0 Å². The minimum atomic E-state index is 0.0330. The second-order valence-corrected chi connectivity index (χ2v) is 3.80. The Morgan fingerprint density at radius 1 is 1.62 bits per heavy atom. The molecule has 0 spiro atoms. The highest BCUT2D eigenvalue weighted by molar-refractivity contribution is 6.32. The number of nitrogens with two attached hydrogens (primary N) is 1. The maximum Gasteiger partial charge on any atom is 0.223 e. The number of nitrogens with one attached hydrogen (secondary N) is 1. The van der Waals surface area contributed by atoms with Crippen molar-refractivity contribution in [2.24, 2.45) is 0 Å². The van der Waals surface area contributed by atoms with E-state index in [9.17, 15) is 4.79 Å². The van der Waals surface area contributed by atoms with E-state index in [1.54, 1.807) is 14.1 Å². The van der Waals surface area contributed by atoms with Crippen LogP contribution in [0.5, 0.6) is 0 Å². The molecule has 1 heterocycles. The number of carbonyl (C=O) groups is 1. The highest BCUT2D eigenvalue weighted by Crippen LogP contribution is 2.17. The van der Waals surface area contributed by atoms with Crippen molar-refractivity contribution < 1.29 is 4.79 Å². The van der Waals surface area contributed by atoms with Crippen molar-refractivity contribution in [2.75, 3.05) is 31.7 Å². The summed E-state index contributed by atoms with van der Waals surface area (Å²) in [5.41, 5.74) is 5.41. The number of hydrogen-bond donors (Lipinski definition) is 2. The number of hydrogen-bond acceptors (Lipinski definition) is 5. The highest BCUT2D eigenvalue weighted by Gasteiger charge is 2.06. The second-order valence-electron chi connectivity index (χ2n) is 3.39. The maximum absolute atomic E-state index is 11.3. The predicted octanol–water partition coefficient (Wildman–Crippen LogP) is 0.602. The lowest BCUT2D eigenvalue weighted by Gasteiger charge is -2.11. The number of nitrogens with zero attached hydrogens (tertiary/aromatic N) is 3. The van der Waals surface area contributed by atoms with Crippen LogP contribution in [0.4, 0.5) is 11.8 Å². The van der Waals surface area contributed by atoms with Crippen molar-refractivity contribution in [1.82, 2.24) is 14.9 Å². The topological polar surface area (TPSA) is 84.1 Å². The van der Waals surface area contributed by atoms with Crippen molar-refractivity contribution in [3.05, 3.63) is 11.2 Å². The van der Waals surface area contributed by atoms with Gasteiger partial charge in [0, 0.05) is 27.1 Å². The van der Waals surface area contributed by atoms with E-state index < -0.39 is 0 Å². The molecule has 3 N–H and O–H groups in total. The molecule has 7 heteroatoms. The zero-order valence-corrected chi connectivity index (χ0v) is 9.95. The Labute approximate surface area is 98.8 Å². The van der Waals surface area contributed by atoms with Gasteiger partial charge in [0.15, 0.2) is 0 Å². The molecule has 0 saturated carbocycles. The van der Waals surface area contributed by atoms with Gasteiger partial charge in [0.25, 0.3) is 0 Å². The van der Waals surface area contributed by atoms with Crippen LogP contribution in [-0.2, 0) is 4.79 Å². The van der Waals surface area contributed by atoms with E-state index in [-0.39, 0.29) is 11.9 Å². The van der Waals surface area contributed by atoms with Crippen LogP contribution >= 0.6 is 11.6 Å². The third-order valence-electron chi connectivity index (χ3n) is 1.89. The number of anilines is 2. The molecular formula is C9H14ClN5O. The highest BCUT2D eigenvalue weighted by atomic mass is 35.5. The van der Waals surface area contributed by atoms with Gasteiger partial charge in [-0.1, -0.05) is 11.6 Å². The molecule has 1 rings (SSSR count). The van der Waals surface area contributed by atoms with Crippen LogP contribution in [0, 0.1) is 0 Å². The molecular weight excluding hydrogens is 230 g/mol. The molecule has 88 valence electrons. The summed E-state index contributed by atoms with van der Waals surface area (Å²) in [4.78, 5) is 20.4. The van der Waals surface area contributed by atoms with Gasteiger partial charge in [-0.15, -0.1) is 0 Å². The van der Waals surface area contributed by atoms with E-state index >= 15 is 0 Å². The summed E-state index contributed by atoms with van der Waals surface area (Å²) >= 11 is 5.84. The van der Waals surface area contributed by atoms with Crippen molar-refractivity contribution in [2.45, 2.75) is 6.42 Å². The van der Waals surface area contributed by atoms with E-state index in [1.165, 1.54) is 11.1 Å². The lowest BCUT2D eigenvalue weighted by atomic mass is 10.4. The Balaban J connectivity index is 2.49. The lowest BCUT2D eigenvalue weighted by molar-refractivity contribution is -0.128. The summed E-state index contributed by atoms with van der Waals surface area (Å²) in [6.45, 7) is 0.452. The number of amides is 1. The Kier molecular flexibility index (Phi) is 4.30. The first-order valence-corrected chi connectivity index (χ1v) is 5.10. The quantitative estimate of drug-likeness (QED) is 0.809. The fourth-order valence-corrected chi connectivity index (χ4v) is 1.17. The van der Waals surface area contributed by atoms with Crippen LogP contribution in [0.1, 0.15) is 6.42 Å². The second kappa shape index (κ2) is 5.50. The summed E-state index contributed by atoms with van der Waals surface area (Å²) in [6.07, 6.45) is 1.78. The average Bonchev–Trinajstić information content (AvgIpc) is 2.22. The van der Waals surface area contributed by atoms with Gasteiger partial charge in [-0.3, -0.25) is 4.79 Å². The van der Waals surface area contributed by atoms with Gasteiger partial charge in [-0.2, -0.15) is 4.98 Å². The van der Waals surface area contributed by atoms with Crippen LogP contribution in [0.25, 0.3) is 0 Å². The van der Waals surface area contributed by atoms with E-state index in [4.69, 9.17) is 17.3 Å². The Bertz CT molecular complexity index is 382. The van der Waals surface area contributed by atoms with Gasteiger partial charge >= 0.3 is 0 Å². The zero-order chi connectivity index (χ0) is 12.1.